The molecule has 0 aliphatic carbocycles. The smallest absolute Gasteiger partial charge is 0.289 e. The van der Waals surface area contributed by atoms with Gasteiger partial charge in [-0.1, -0.05) is 0 Å². The van der Waals surface area contributed by atoms with Crippen molar-refractivity contribution < 1.29 is 9.21 Å². The van der Waals surface area contributed by atoms with E-state index in [2.05, 4.69) is 18.7 Å². The fraction of sp³-hybridized carbons (Fsp3) is 0.643. The second kappa shape index (κ2) is 5.57. The van der Waals surface area contributed by atoms with Gasteiger partial charge < -0.3 is 14.2 Å². The van der Waals surface area contributed by atoms with Gasteiger partial charge in [-0.3, -0.25) is 4.79 Å². The average Bonchev–Trinajstić information content (AvgIpc) is 2.91. The summed E-state index contributed by atoms with van der Waals surface area (Å²) in [6.07, 6.45) is 3.63. The van der Waals surface area contributed by atoms with Crippen molar-refractivity contribution in [3.63, 3.8) is 0 Å². The van der Waals surface area contributed by atoms with E-state index >= 15 is 0 Å². The van der Waals surface area contributed by atoms with E-state index in [0.29, 0.717) is 17.8 Å². The highest BCUT2D eigenvalue weighted by molar-refractivity contribution is 5.91. The number of likely N-dealkylation sites (tertiary alicyclic amines) is 1. The molecule has 0 spiro atoms. The van der Waals surface area contributed by atoms with Gasteiger partial charge in [0.2, 0.25) is 0 Å². The minimum Gasteiger partial charge on any atom is -0.459 e. The number of carbonyl (C=O) groups is 1. The van der Waals surface area contributed by atoms with Gasteiger partial charge in [-0.25, -0.2) is 0 Å². The number of hydrogen-bond acceptors (Lipinski definition) is 3. The summed E-state index contributed by atoms with van der Waals surface area (Å²) in [5, 5.41) is 0. The first-order valence-electron chi connectivity index (χ1n) is 6.64. The summed E-state index contributed by atoms with van der Waals surface area (Å²) in [7, 11) is 1.88. The first-order chi connectivity index (χ1) is 8.59. The van der Waals surface area contributed by atoms with Crippen LogP contribution in [0.5, 0.6) is 0 Å². The van der Waals surface area contributed by atoms with Crippen molar-refractivity contribution in [2.75, 3.05) is 20.1 Å². The average molecular weight is 250 g/mol. The Morgan fingerprint density at radius 1 is 1.44 bits per heavy atom. The minimum atomic E-state index is -0.0111. The topological polar surface area (TPSA) is 36.7 Å². The van der Waals surface area contributed by atoms with Crippen LogP contribution in [0, 0.1) is 0 Å². The van der Waals surface area contributed by atoms with Crippen LogP contribution in [0.15, 0.2) is 22.8 Å². The molecule has 4 heteroatoms. The Hall–Kier alpha value is -1.29. The first-order valence-corrected chi connectivity index (χ1v) is 6.64. The van der Waals surface area contributed by atoms with Crippen molar-refractivity contribution in [3.05, 3.63) is 24.2 Å². The van der Waals surface area contributed by atoms with Crippen molar-refractivity contribution >= 4 is 5.91 Å². The predicted octanol–water partition coefficient (Wildman–Crippen LogP) is 2.22. The van der Waals surface area contributed by atoms with Gasteiger partial charge in [0.25, 0.3) is 5.91 Å². The van der Waals surface area contributed by atoms with Crippen molar-refractivity contribution in [2.45, 2.75) is 38.8 Å². The highest BCUT2D eigenvalue weighted by Crippen LogP contribution is 2.19. The van der Waals surface area contributed by atoms with E-state index in [1.807, 2.05) is 11.9 Å². The van der Waals surface area contributed by atoms with Crippen molar-refractivity contribution in [3.8, 4) is 0 Å². The summed E-state index contributed by atoms with van der Waals surface area (Å²) in [4.78, 5) is 16.4. The molecule has 0 atom stereocenters. The predicted molar refractivity (Wildman–Crippen MR) is 70.5 cm³/mol. The molecule has 4 nitrogen and oxygen atoms in total. The van der Waals surface area contributed by atoms with E-state index in [0.717, 1.165) is 25.9 Å². The van der Waals surface area contributed by atoms with Gasteiger partial charge in [0.1, 0.15) is 0 Å². The molecule has 0 unspecified atom stereocenters. The van der Waals surface area contributed by atoms with Crippen LogP contribution in [-0.2, 0) is 0 Å². The van der Waals surface area contributed by atoms with E-state index in [-0.39, 0.29) is 5.91 Å². The van der Waals surface area contributed by atoms with Gasteiger partial charge >= 0.3 is 0 Å². The van der Waals surface area contributed by atoms with Crippen molar-refractivity contribution in [1.29, 1.82) is 0 Å². The van der Waals surface area contributed by atoms with Crippen molar-refractivity contribution in [1.82, 2.24) is 9.80 Å². The third-order valence-corrected chi connectivity index (χ3v) is 3.83. The number of piperidine rings is 1. The number of amides is 1. The number of hydrogen-bond donors (Lipinski definition) is 0. The summed E-state index contributed by atoms with van der Waals surface area (Å²) in [6.45, 7) is 6.58. The molecular formula is C14H22N2O2. The monoisotopic (exact) mass is 250 g/mol. The normalized spacial score (nSPS) is 18.2. The number of rotatable bonds is 3. The second-order valence-corrected chi connectivity index (χ2v) is 5.25. The summed E-state index contributed by atoms with van der Waals surface area (Å²) in [5.74, 6) is 0.423. The summed E-state index contributed by atoms with van der Waals surface area (Å²) < 4.78 is 5.16. The first kappa shape index (κ1) is 13.1. The standard InChI is InChI=1S/C14H22N2O2/c1-11(2)16-8-6-12(7-9-16)15(3)14(17)13-5-4-10-18-13/h4-5,10-12H,6-9H2,1-3H3. The molecule has 1 aromatic rings. The van der Waals surface area contributed by atoms with E-state index in [9.17, 15) is 4.79 Å². The molecule has 100 valence electrons. The largest absolute Gasteiger partial charge is 0.459 e. The third-order valence-electron chi connectivity index (χ3n) is 3.83. The number of carbonyl (C=O) groups excluding carboxylic acids is 1. The second-order valence-electron chi connectivity index (χ2n) is 5.25. The molecule has 0 radical (unpaired) electrons. The molecular weight excluding hydrogens is 228 g/mol. The zero-order valence-electron chi connectivity index (χ0n) is 11.4. The molecule has 1 saturated heterocycles. The Labute approximate surface area is 109 Å². The lowest BCUT2D eigenvalue weighted by atomic mass is 10.0. The number of nitrogens with zero attached hydrogens (tertiary/aromatic N) is 2. The zero-order valence-corrected chi connectivity index (χ0v) is 11.4. The maximum atomic E-state index is 12.1. The summed E-state index contributed by atoms with van der Waals surface area (Å²) in [6, 6.07) is 4.40. The lowest BCUT2D eigenvalue weighted by Gasteiger charge is -2.38. The Morgan fingerprint density at radius 2 is 2.11 bits per heavy atom. The highest BCUT2D eigenvalue weighted by atomic mass is 16.3. The fourth-order valence-corrected chi connectivity index (χ4v) is 2.53. The molecule has 0 saturated carbocycles. The van der Waals surface area contributed by atoms with Crippen LogP contribution >= 0.6 is 0 Å². The molecule has 2 rings (SSSR count). The van der Waals surface area contributed by atoms with Crippen LogP contribution in [0.2, 0.25) is 0 Å². The van der Waals surface area contributed by atoms with E-state index < -0.39 is 0 Å². The van der Waals surface area contributed by atoms with Crippen LogP contribution in [0.4, 0.5) is 0 Å². The van der Waals surface area contributed by atoms with E-state index in [4.69, 9.17) is 4.42 Å². The summed E-state index contributed by atoms with van der Waals surface area (Å²) >= 11 is 0. The van der Waals surface area contributed by atoms with Crippen LogP contribution < -0.4 is 0 Å². The van der Waals surface area contributed by atoms with Crippen LogP contribution in [0.1, 0.15) is 37.2 Å². The molecule has 1 aliphatic heterocycles. The molecule has 1 amide bonds. The maximum Gasteiger partial charge on any atom is 0.289 e. The van der Waals surface area contributed by atoms with E-state index in [1.54, 1.807) is 18.4 Å². The zero-order chi connectivity index (χ0) is 13.1. The van der Waals surface area contributed by atoms with Gasteiger partial charge in [0.15, 0.2) is 5.76 Å². The molecule has 1 aliphatic rings. The van der Waals surface area contributed by atoms with E-state index in [1.165, 1.54) is 0 Å². The Balaban J connectivity index is 1.91. The minimum absolute atomic E-state index is 0.0111. The molecule has 0 aromatic carbocycles. The maximum absolute atomic E-state index is 12.1. The van der Waals surface area contributed by atoms with Gasteiger partial charge in [0.05, 0.1) is 6.26 Å². The molecule has 1 aromatic heterocycles. The quantitative estimate of drug-likeness (QED) is 0.825. The van der Waals surface area contributed by atoms with Gasteiger partial charge in [0, 0.05) is 32.2 Å². The molecule has 0 bridgehead atoms. The van der Waals surface area contributed by atoms with Crippen LogP contribution in [-0.4, -0.2) is 47.9 Å². The Morgan fingerprint density at radius 3 is 2.61 bits per heavy atom. The Kier molecular flexibility index (Phi) is 4.07. The lowest BCUT2D eigenvalue weighted by molar-refractivity contribution is 0.0586. The van der Waals surface area contributed by atoms with Gasteiger partial charge in [-0.05, 0) is 38.8 Å². The van der Waals surface area contributed by atoms with Gasteiger partial charge in [-0.2, -0.15) is 0 Å². The molecule has 0 N–H and O–H groups in total. The SMILES string of the molecule is CC(C)N1CCC(N(C)C(=O)c2ccco2)CC1. The summed E-state index contributed by atoms with van der Waals surface area (Å²) in [5.41, 5.74) is 0. The fourth-order valence-electron chi connectivity index (χ4n) is 2.53. The van der Waals surface area contributed by atoms with Gasteiger partial charge in [-0.15, -0.1) is 0 Å². The third kappa shape index (κ3) is 2.75. The Bertz CT molecular complexity index is 379. The molecule has 2 heterocycles. The van der Waals surface area contributed by atoms with Crippen LogP contribution in [0.25, 0.3) is 0 Å². The van der Waals surface area contributed by atoms with Crippen molar-refractivity contribution in [2.24, 2.45) is 0 Å². The number of furan rings is 1. The molecule has 18 heavy (non-hydrogen) atoms. The molecule has 1 fully saturated rings. The highest BCUT2D eigenvalue weighted by Gasteiger charge is 2.27. The van der Waals surface area contributed by atoms with Crippen LogP contribution in [0.3, 0.4) is 0 Å². The lowest BCUT2D eigenvalue weighted by Crippen LogP contribution is -2.47.